The Morgan fingerprint density at radius 1 is 1.10 bits per heavy atom. The summed E-state index contributed by atoms with van der Waals surface area (Å²) >= 11 is 0. The molecule has 2 aliphatic rings. The summed E-state index contributed by atoms with van der Waals surface area (Å²) in [6.07, 6.45) is 14.3. The molecule has 0 radical (unpaired) electrons. The predicted molar refractivity (Wildman–Crippen MR) is 86.4 cm³/mol. The van der Waals surface area contributed by atoms with Gasteiger partial charge in [0.25, 0.3) is 5.97 Å². The average Bonchev–Trinajstić information content (AvgIpc) is 3.12. The predicted octanol–water partition coefficient (Wildman–Crippen LogP) is 4.22. The first-order chi connectivity index (χ1) is 9.81. The molecule has 2 nitrogen and oxygen atoms in total. The maximum atomic E-state index is 11.9. The number of carbonyl (C=O) groups excluding carboxylic acids is 1. The van der Waals surface area contributed by atoms with E-state index in [1.54, 1.807) is 0 Å². The van der Waals surface area contributed by atoms with E-state index in [4.69, 9.17) is 4.43 Å². The highest BCUT2D eigenvalue weighted by molar-refractivity contribution is 6.30. The highest BCUT2D eigenvalue weighted by Crippen LogP contribution is 2.43. The molecule has 116 valence electrons. The Morgan fingerprint density at radius 2 is 1.65 bits per heavy atom. The van der Waals surface area contributed by atoms with Gasteiger partial charge in [-0.25, -0.2) is 0 Å². The molecule has 0 heterocycles. The van der Waals surface area contributed by atoms with Crippen molar-refractivity contribution in [2.45, 2.75) is 83.6 Å². The van der Waals surface area contributed by atoms with Crippen LogP contribution in [-0.2, 0) is 9.22 Å². The lowest BCUT2D eigenvalue weighted by Crippen LogP contribution is -2.22. The molecule has 0 N–H and O–H groups in total. The van der Waals surface area contributed by atoms with Crippen LogP contribution in [0.1, 0.15) is 77.6 Å². The first kappa shape index (κ1) is 16.1. The standard InChI is InChI=1S/C17H32O2Si/c1-2-13-20-19-17(18)12-11-16(14-7-3-4-8-14)15-9-5-6-10-15/h14-16H,2-13,20H2,1H3. The molecular formula is C17H32O2Si. The van der Waals surface area contributed by atoms with E-state index in [2.05, 4.69) is 6.92 Å². The molecule has 0 aromatic rings. The average molecular weight is 297 g/mol. The molecule has 0 amide bonds. The van der Waals surface area contributed by atoms with E-state index in [1.807, 2.05) is 0 Å². The Labute approximate surface area is 127 Å². The third-order valence-corrected chi connectivity index (χ3v) is 6.98. The summed E-state index contributed by atoms with van der Waals surface area (Å²) in [7, 11) is -0.566. The summed E-state index contributed by atoms with van der Waals surface area (Å²) in [5, 5.41) is 0. The van der Waals surface area contributed by atoms with Gasteiger partial charge in [-0.3, -0.25) is 4.79 Å². The molecule has 0 bridgehead atoms. The fraction of sp³-hybridized carbons (Fsp3) is 0.941. The zero-order chi connectivity index (χ0) is 14.2. The minimum atomic E-state index is -0.566. The van der Waals surface area contributed by atoms with E-state index in [9.17, 15) is 4.79 Å². The van der Waals surface area contributed by atoms with E-state index < -0.39 is 9.76 Å². The van der Waals surface area contributed by atoms with Crippen LogP contribution in [0.2, 0.25) is 6.04 Å². The maximum absolute atomic E-state index is 11.9. The van der Waals surface area contributed by atoms with E-state index in [1.165, 1.54) is 51.4 Å². The van der Waals surface area contributed by atoms with Gasteiger partial charge in [-0.1, -0.05) is 64.7 Å². The van der Waals surface area contributed by atoms with Crippen molar-refractivity contribution < 1.29 is 9.22 Å². The summed E-state index contributed by atoms with van der Waals surface area (Å²) in [4.78, 5) is 11.9. The van der Waals surface area contributed by atoms with Gasteiger partial charge in [0.05, 0.1) is 0 Å². The van der Waals surface area contributed by atoms with E-state index in [0.717, 1.165) is 36.6 Å². The van der Waals surface area contributed by atoms with Crippen molar-refractivity contribution in [1.82, 2.24) is 0 Å². The number of rotatable bonds is 8. The van der Waals surface area contributed by atoms with Gasteiger partial charge in [0, 0.05) is 6.42 Å². The largest absolute Gasteiger partial charge is 0.525 e. The van der Waals surface area contributed by atoms with E-state index >= 15 is 0 Å². The van der Waals surface area contributed by atoms with Crippen molar-refractivity contribution in [1.29, 1.82) is 0 Å². The fourth-order valence-electron chi connectivity index (χ4n) is 4.31. The Kier molecular flexibility index (Phi) is 7.12. The van der Waals surface area contributed by atoms with Crippen LogP contribution >= 0.6 is 0 Å². The van der Waals surface area contributed by atoms with Gasteiger partial charge in [0.1, 0.15) is 0 Å². The first-order valence-electron chi connectivity index (χ1n) is 8.97. The fourth-order valence-corrected chi connectivity index (χ4v) is 5.12. The molecule has 0 saturated heterocycles. The minimum absolute atomic E-state index is 0.103. The second kappa shape index (κ2) is 8.86. The van der Waals surface area contributed by atoms with Crippen LogP contribution < -0.4 is 0 Å². The van der Waals surface area contributed by atoms with Gasteiger partial charge in [0.2, 0.25) is 9.76 Å². The Balaban J connectivity index is 1.76. The van der Waals surface area contributed by atoms with Crippen LogP contribution in [0.5, 0.6) is 0 Å². The summed E-state index contributed by atoms with van der Waals surface area (Å²) in [6, 6.07) is 1.14. The highest BCUT2D eigenvalue weighted by Gasteiger charge is 2.33. The van der Waals surface area contributed by atoms with Crippen LogP contribution in [0.15, 0.2) is 0 Å². The maximum Gasteiger partial charge on any atom is 0.292 e. The van der Waals surface area contributed by atoms with Crippen molar-refractivity contribution >= 4 is 15.7 Å². The number of carbonyl (C=O) groups is 1. The molecule has 3 heteroatoms. The molecule has 0 aromatic carbocycles. The van der Waals surface area contributed by atoms with Crippen molar-refractivity contribution in [2.75, 3.05) is 0 Å². The quantitative estimate of drug-likeness (QED) is 0.495. The summed E-state index contributed by atoms with van der Waals surface area (Å²) in [6.45, 7) is 2.16. The van der Waals surface area contributed by atoms with Crippen molar-refractivity contribution in [3.63, 3.8) is 0 Å². The molecule has 2 rings (SSSR count). The Hall–Kier alpha value is -0.313. The van der Waals surface area contributed by atoms with Gasteiger partial charge < -0.3 is 4.43 Å². The molecule has 2 aliphatic carbocycles. The van der Waals surface area contributed by atoms with Crippen LogP contribution in [0.4, 0.5) is 0 Å². The smallest absolute Gasteiger partial charge is 0.292 e. The van der Waals surface area contributed by atoms with E-state index in [0.29, 0.717) is 6.42 Å². The lowest BCUT2D eigenvalue weighted by atomic mass is 9.77. The molecule has 0 atom stereocenters. The molecule has 0 spiro atoms. The number of hydrogen-bond donors (Lipinski definition) is 0. The summed E-state index contributed by atoms with van der Waals surface area (Å²) in [5.74, 6) is 2.75. The third kappa shape index (κ3) is 4.91. The Bertz CT molecular complexity index is 265. The zero-order valence-electron chi connectivity index (χ0n) is 13.2. The summed E-state index contributed by atoms with van der Waals surface area (Å²) < 4.78 is 5.46. The normalized spacial score (nSPS) is 21.5. The molecule has 0 unspecified atom stereocenters. The van der Waals surface area contributed by atoms with Crippen LogP contribution in [0.25, 0.3) is 0 Å². The lowest BCUT2D eigenvalue weighted by molar-refractivity contribution is -0.134. The molecular weight excluding hydrogens is 264 g/mol. The van der Waals surface area contributed by atoms with Gasteiger partial charge >= 0.3 is 0 Å². The highest BCUT2D eigenvalue weighted by atomic mass is 28.2. The van der Waals surface area contributed by atoms with Crippen LogP contribution in [0.3, 0.4) is 0 Å². The molecule has 0 aromatic heterocycles. The second-order valence-corrected chi connectivity index (χ2v) is 8.27. The zero-order valence-corrected chi connectivity index (χ0v) is 14.7. The number of hydrogen-bond acceptors (Lipinski definition) is 2. The topological polar surface area (TPSA) is 26.3 Å². The lowest BCUT2D eigenvalue weighted by Gasteiger charge is -2.29. The third-order valence-electron chi connectivity index (χ3n) is 5.45. The van der Waals surface area contributed by atoms with Gasteiger partial charge in [-0.15, -0.1) is 0 Å². The van der Waals surface area contributed by atoms with Gasteiger partial charge in [-0.2, -0.15) is 0 Å². The molecule has 2 fully saturated rings. The second-order valence-electron chi connectivity index (χ2n) is 6.87. The van der Waals surface area contributed by atoms with E-state index in [-0.39, 0.29) is 5.97 Å². The Morgan fingerprint density at radius 3 is 2.15 bits per heavy atom. The van der Waals surface area contributed by atoms with Crippen molar-refractivity contribution in [3.8, 4) is 0 Å². The van der Waals surface area contributed by atoms with Crippen molar-refractivity contribution in [3.05, 3.63) is 0 Å². The van der Waals surface area contributed by atoms with Gasteiger partial charge in [0.15, 0.2) is 0 Å². The monoisotopic (exact) mass is 296 g/mol. The molecule has 0 aliphatic heterocycles. The minimum Gasteiger partial charge on any atom is -0.525 e. The van der Waals surface area contributed by atoms with Gasteiger partial charge in [-0.05, 0) is 30.2 Å². The molecule has 2 saturated carbocycles. The van der Waals surface area contributed by atoms with Crippen LogP contribution in [0, 0.1) is 17.8 Å². The molecule has 20 heavy (non-hydrogen) atoms. The first-order valence-corrected chi connectivity index (χ1v) is 10.5. The SMILES string of the molecule is CCC[SiH2]OC(=O)CCC(C1CCCC1)C1CCCC1. The summed E-state index contributed by atoms with van der Waals surface area (Å²) in [5.41, 5.74) is 0. The van der Waals surface area contributed by atoms with Crippen molar-refractivity contribution in [2.24, 2.45) is 17.8 Å². The van der Waals surface area contributed by atoms with Crippen LogP contribution in [-0.4, -0.2) is 15.7 Å².